The molecule has 0 aromatic carbocycles. The fraction of sp³-hybridized carbons (Fsp3) is 0.429. The first kappa shape index (κ1) is 14.2. The number of esters is 1. The van der Waals surface area contributed by atoms with Crippen molar-refractivity contribution in [2.45, 2.75) is 20.3 Å². The summed E-state index contributed by atoms with van der Waals surface area (Å²) in [7, 11) is 1.31. The number of rotatable bonds is 2. The number of carbonyl (C=O) groups is 1. The molecule has 0 aromatic heterocycles. The number of dihydropyridines is 1. The molecule has 6 nitrogen and oxygen atoms in total. The molecule has 0 amide bonds. The van der Waals surface area contributed by atoms with Gasteiger partial charge in [0.1, 0.15) is 0 Å². The topological polar surface area (TPSA) is 80.6 Å². The van der Waals surface area contributed by atoms with Crippen molar-refractivity contribution in [3.8, 4) is 6.07 Å². The molecule has 0 radical (unpaired) electrons. The standard InChI is InChI=1S/C14H16N2O4/c1-8-10(7-15)13(11-5-4-6-19-20-11)12(9(2)16-8)14(17)18-3/h5,13,16H,4,6H2,1-3H3. The van der Waals surface area contributed by atoms with Gasteiger partial charge in [0.15, 0.2) is 5.76 Å². The van der Waals surface area contributed by atoms with Gasteiger partial charge in [0.25, 0.3) is 0 Å². The minimum atomic E-state index is -0.589. The van der Waals surface area contributed by atoms with E-state index >= 15 is 0 Å². The van der Waals surface area contributed by atoms with E-state index in [2.05, 4.69) is 11.4 Å². The average molecular weight is 276 g/mol. The highest BCUT2D eigenvalue weighted by Gasteiger charge is 2.37. The molecule has 1 N–H and O–H groups in total. The second kappa shape index (κ2) is 5.80. The lowest BCUT2D eigenvalue weighted by atomic mass is 9.84. The lowest BCUT2D eigenvalue weighted by Crippen LogP contribution is -2.31. The van der Waals surface area contributed by atoms with Gasteiger partial charge < -0.3 is 14.9 Å². The molecule has 1 unspecified atom stereocenters. The van der Waals surface area contributed by atoms with Crippen molar-refractivity contribution in [2.75, 3.05) is 13.7 Å². The Bertz CT molecular complexity index is 566. The highest BCUT2D eigenvalue weighted by Crippen LogP contribution is 2.36. The maximum atomic E-state index is 12.0. The van der Waals surface area contributed by atoms with E-state index in [-0.39, 0.29) is 0 Å². The van der Waals surface area contributed by atoms with Crippen LogP contribution >= 0.6 is 0 Å². The number of hydrogen-bond donors (Lipinski definition) is 1. The molecule has 106 valence electrons. The third-order valence-electron chi connectivity index (χ3n) is 3.27. The SMILES string of the molecule is COC(=O)C1=C(C)NC(C)=C(C#N)C1C1=CCCOO1. The van der Waals surface area contributed by atoms with Crippen molar-refractivity contribution in [1.82, 2.24) is 5.32 Å². The van der Waals surface area contributed by atoms with Crippen LogP contribution in [0.4, 0.5) is 0 Å². The van der Waals surface area contributed by atoms with Crippen molar-refractivity contribution in [1.29, 1.82) is 5.26 Å². The Hall–Kier alpha value is -2.26. The number of ether oxygens (including phenoxy) is 1. The van der Waals surface area contributed by atoms with Gasteiger partial charge in [0, 0.05) is 11.4 Å². The maximum Gasteiger partial charge on any atom is 0.336 e. The number of hydrogen-bond acceptors (Lipinski definition) is 6. The summed E-state index contributed by atoms with van der Waals surface area (Å²) in [6.45, 7) is 4.00. The van der Waals surface area contributed by atoms with Crippen molar-refractivity contribution in [3.05, 3.63) is 34.4 Å². The Labute approximate surface area is 117 Å². The molecule has 1 atom stereocenters. The molecule has 0 bridgehead atoms. The van der Waals surface area contributed by atoms with Crippen LogP contribution in [-0.2, 0) is 19.3 Å². The summed E-state index contributed by atoms with van der Waals surface area (Å²) in [4.78, 5) is 22.2. The molecule has 2 rings (SSSR count). The van der Waals surface area contributed by atoms with Gasteiger partial charge in [0.05, 0.1) is 36.9 Å². The van der Waals surface area contributed by atoms with Gasteiger partial charge in [-0.3, -0.25) is 0 Å². The zero-order chi connectivity index (χ0) is 14.7. The number of methoxy groups -OCH3 is 1. The second-order valence-corrected chi connectivity index (χ2v) is 4.54. The predicted molar refractivity (Wildman–Crippen MR) is 69.4 cm³/mol. The molecular weight excluding hydrogens is 260 g/mol. The lowest BCUT2D eigenvalue weighted by molar-refractivity contribution is -0.272. The number of nitriles is 1. The smallest absolute Gasteiger partial charge is 0.336 e. The van der Waals surface area contributed by atoms with E-state index in [0.29, 0.717) is 41.3 Å². The fourth-order valence-electron chi connectivity index (χ4n) is 2.37. The Balaban J connectivity index is 2.53. The number of allylic oxidation sites excluding steroid dienone is 3. The van der Waals surface area contributed by atoms with E-state index in [9.17, 15) is 10.1 Å². The van der Waals surface area contributed by atoms with Crippen LogP contribution in [0.5, 0.6) is 0 Å². The van der Waals surface area contributed by atoms with E-state index in [4.69, 9.17) is 14.5 Å². The minimum absolute atomic E-state index is 0.367. The van der Waals surface area contributed by atoms with Gasteiger partial charge in [-0.15, -0.1) is 0 Å². The number of nitrogens with one attached hydrogen (secondary N) is 1. The summed E-state index contributed by atoms with van der Waals surface area (Å²) in [5.41, 5.74) is 2.13. The van der Waals surface area contributed by atoms with Crippen molar-refractivity contribution < 1.29 is 19.3 Å². The number of carbonyl (C=O) groups excluding carboxylic acids is 1. The van der Waals surface area contributed by atoms with Gasteiger partial charge in [-0.2, -0.15) is 10.1 Å². The van der Waals surface area contributed by atoms with Crippen LogP contribution in [0.1, 0.15) is 20.3 Å². The highest BCUT2D eigenvalue weighted by atomic mass is 17.2. The van der Waals surface area contributed by atoms with Crippen LogP contribution in [0.15, 0.2) is 34.4 Å². The summed E-state index contributed by atoms with van der Waals surface area (Å²) < 4.78 is 4.82. The molecule has 0 aliphatic carbocycles. The molecule has 0 aromatic rings. The Morgan fingerprint density at radius 2 is 2.25 bits per heavy atom. The van der Waals surface area contributed by atoms with Gasteiger partial charge >= 0.3 is 5.97 Å². The van der Waals surface area contributed by atoms with Gasteiger partial charge in [-0.1, -0.05) is 0 Å². The Morgan fingerprint density at radius 1 is 1.50 bits per heavy atom. The first-order valence-electron chi connectivity index (χ1n) is 6.26. The van der Waals surface area contributed by atoms with E-state index in [0.717, 1.165) is 0 Å². The van der Waals surface area contributed by atoms with E-state index < -0.39 is 11.9 Å². The lowest BCUT2D eigenvalue weighted by Gasteiger charge is -2.29. The predicted octanol–water partition coefficient (Wildman–Crippen LogP) is 1.69. The quantitative estimate of drug-likeness (QED) is 0.610. The first-order valence-corrected chi connectivity index (χ1v) is 6.26. The van der Waals surface area contributed by atoms with E-state index in [1.807, 2.05) is 6.08 Å². The summed E-state index contributed by atoms with van der Waals surface area (Å²) >= 11 is 0. The van der Waals surface area contributed by atoms with Crippen LogP contribution in [0, 0.1) is 17.2 Å². The zero-order valence-corrected chi connectivity index (χ0v) is 11.6. The van der Waals surface area contributed by atoms with Crippen LogP contribution < -0.4 is 5.32 Å². The van der Waals surface area contributed by atoms with Crippen molar-refractivity contribution in [2.24, 2.45) is 5.92 Å². The van der Waals surface area contributed by atoms with Crippen LogP contribution in [-0.4, -0.2) is 19.7 Å². The monoisotopic (exact) mass is 276 g/mol. The number of nitrogens with zero attached hydrogens (tertiary/aromatic N) is 1. The third kappa shape index (κ3) is 2.40. The highest BCUT2D eigenvalue weighted by molar-refractivity contribution is 5.92. The van der Waals surface area contributed by atoms with Crippen LogP contribution in [0.2, 0.25) is 0 Å². The average Bonchev–Trinajstić information content (AvgIpc) is 2.46. The Kier molecular flexibility index (Phi) is 4.11. The third-order valence-corrected chi connectivity index (χ3v) is 3.27. The fourth-order valence-corrected chi connectivity index (χ4v) is 2.37. The molecule has 20 heavy (non-hydrogen) atoms. The minimum Gasteiger partial charge on any atom is -0.466 e. The Morgan fingerprint density at radius 3 is 2.80 bits per heavy atom. The van der Waals surface area contributed by atoms with Crippen LogP contribution in [0.3, 0.4) is 0 Å². The summed E-state index contributed by atoms with van der Waals surface area (Å²) in [5.74, 6) is -0.627. The zero-order valence-electron chi connectivity index (χ0n) is 11.6. The molecule has 0 spiro atoms. The van der Waals surface area contributed by atoms with E-state index in [1.165, 1.54) is 7.11 Å². The molecule has 0 saturated heterocycles. The molecular formula is C14H16N2O4. The van der Waals surface area contributed by atoms with Gasteiger partial charge in [-0.25, -0.2) is 4.79 Å². The van der Waals surface area contributed by atoms with Crippen LogP contribution in [0.25, 0.3) is 0 Å². The summed E-state index contributed by atoms with van der Waals surface area (Å²) in [5, 5.41) is 12.4. The molecule has 6 heteroatoms. The molecule has 2 heterocycles. The molecule has 2 aliphatic heterocycles. The largest absolute Gasteiger partial charge is 0.466 e. The summed E-state index contributed by atoms with van der Waals surface area (Å²) in [6, 6.07) is 2.13. The molecule has 2 aliphatic rings. The van der Waals surface area contributed by atoms with E-state index in [1.54, 1.807) is 13.8 Å². The van der Waals surface area contributed by atoms with Gasteiger partial charge in [-0.05, 0) is 26.3 Å². The van der Waals surface area contributed by atoms with Crippen molar-refractivity contribution in [3.63, 3.8) is 0 Å². The maximum absolute atomic E-state index is 12.0. The van der Waals surface area contributed by atoms with Gasteiger partial charge in [0.2, 0.25) is 0 Å². The van der Waals surface area contributed by atoms with Crippen molar-refractivity contribution >= 4 is 5.97 Å². The first-order chi connectivity index (χ1) is 9.60. The normalized spacial score (nSPS) is 22.5. The molecule has 0 fully saturated rings. The second-order valence-electron chi connectivity index (χ2n) is 4.54. The molecule has 0 saturated carbocycles. The summed E-state index contributed by atoms with van der Waals surface area (Å²) in [6.07, 6.45) is 2.50.